The van der Waals surface area contributed by atoms with Gasteiger partial charge in [0.1, 0.15) is 5.75 Å². The number of hydrogen-bond donors (Lipinski definition) is 0. The highest BCUT2D eigenvalue weighted by Gasteiger charge is 2.26. The number of aromatic nitrogens is 1. The summed E-state index contributed by atoms with van der Waals surface area (Å²) in [5, 5.41) is 1.03. The predicted molar refractivity (Wildman–Crippen MR) is 109 cm³/mol. The summed E-state index contributed by atoms with van der Waals surface area (Å²) >= 11 is 0. The van der Waals surface area contributed by atoms with Gasteiger partial charge in [0, 0.05) is 23.5 Å². The molecule has 1 aliphatic rings. The van der Waals surface area contributed by atoms with E-state index in [0.717, 1.165) is 36.0 Å². The first-order valence-corrected chi connectivity index (χ1v) is 9.79. The Labute approximate surface area is 161 Å². The van der Waals surface area contributed by atoms with Gasteiger partial charge in [0.05, 0.1) is 12.1 Å². The maximum atomic E-state index is 12.3. The number of carbonyl (C=O) groups excluding carboxylic acids is 1. The molecule has 1 aliphatic carbocycles. The largest absolute Gasteiger partial charge is 0.478 e. The second-order valence-electron chi connectivity index (χ2n) is 7.35. The van der Waals surface area contributed by atoms with Crippen LogP contribution in [0.4, 0.5) is 0 Å². The second-order valence-corrected chi connectivity index (χ2v) is 7.35. The van der Waals surface area contributed by atoms with Crippen molar-refractivity contribution >= 4 is 16.9 Å². The van der Waals surface area contributed by atoms with Gasteiger partial charge in [-0.05, 0) is 50.5 Å². The van der Waals surface area contributed by atoms with Gasteiger partial charge in [-0.2, -0.15) is 0 Å². The zero-order valence-electron chi connectivity index (χ0n) is 16.7. The Balaban J connectivity index is 1.93. The van der Waals surface area contributed by atoms with Gasteiger partial charge in [-0.1, -0.05) is 38.1 Å². The number of carbonyl (C=O) groups is 1. The molecule has 1 aromatic heterocycles. The standard InChI is InChI=1S/C23H29NO3/c1-5-26-23(25)22(16(2)3)27-21-13-9-12-20-19(21)14-17(4)24(20)15-18-10-7-6-8-11-18/h7,9-14,16,22H,5-6,8,15H2,1-4H3. The van der Waals surface area contributed by atoms with Crippen molar-refractivity contribution in [3.8, 4) is 5.75 Å². The van der Waals surface area contributed by atoms with Crippen LogP contribution in [0.1, 0.15) is 39.3 Å². The third-order valence-corrected chi connectivity index (χ3v) is 4.90. The number of rotatable bonds is 7. The smallest absolute Gasteiger partial charge is 0.347 e. The maximum absolute atomic E-state index is 12.3. The van der Waals surface area contributed by atoms with E-state index < -0.39 is 6.10 Å². The zero-order chi connectivity index (χ0) is 19.4. The van der Waals surface area contributed by atoms with Crippen LogP contribution in [-0.2, 0) is 16.1 Å². The van der Waals surface area contributed by atoms with Crippen molar-refractivity contribution in [1.29, 1.82) is 0 Å². The van der Waals surface area contributed by atoms with Crippen molar-refractivity contribution in [2.24, 2.45) is 5.92 Å². The first kappa shape index (κ1) is 19.3. The summed E-state index contributed by atoms with van der Waals surface area (Å²) in [5.74, 6) is 0.451. The van der Waals surface area contributed by atoms with Gasteiger partial charge < -0.3 is 14.0 Å². The molecule has 0 spiro atoms. The zero-order valence-corrected chi connectivity index (χ0v) is 16.7. The van der Waals surface area contributed by atoms with Gasteiger partial charge >= 0.3 is 5.97 Å². The molecule has 144 valence electrons. The molecule has 1 aromatic carbocycles. The van der Waals surface area contributed by atoms with E-state index in [4.69, 9.17) is 9.47 Å². The number of aryl methyl sites for hydroxylation is 1. The van der Waals surface area contributed by atoms with Crippen LogP contribution in [0, 0.1) is 12.8 Å². The molecule has 0 amide bonds. The van der Waals surface area contributed by atoms with Crippen molar-refractivity contribution in [3.63, 3.8) is 0 Å². The summed E-state index contributed by atoms with van der Waals surface area (Å²) in [4.78, 5) is 12.3. The monoisotopic (exact) mass is 367 g/mol. The van der Waals surface area contributed by atoms with E-state index in [9.17, 15) is 4.79 Å². The fraction of sp³-hybridized carbons (Fsp3) is 0.435. The Kier molecular flexibility index (Phi) is 6.04. The van der Waals surface area contributed by atoms with E-state index in [2.05, 4.69) is 41.9 Å². The van der Waals surface area contributed by atoms with Crippen LogP contribution in [0.5, 0.6) is 5.75 Å². The molecule has 4 nitrogen and oxygen atoms in total. The molecule has 0 fully saturated rings. The van der Waals surface area contributed by atoms with E-state index >= 15 is 0 Å². The minimum Gasteiger partial charge on any atom is -0.478 e. The van der Waals surface area contributed by atoms with Gasteiger partial charge in [-0.25, -0.2) is 4.79 Å². The quantitative estimate of drug-likeness (QED) is 0.632. The predicted octanol–water partition coefficient (Wildman–Crippen LogP) is 5.19. The molecular formula is C23H29NO3. The molecule has 1 unspecified atom stereocenters. The summed E-state index contributed by atoms with van der Waals surface area (Å²) in [6, 6.07) is 8.17. The number of nitrogens with zero attached hydrogens (tertiary/aromatic N) is 1. The molecule has 0 aliphatic heterocycles. The van der Waals surface area contributed by atoms with E-state index in [1.165, 1.54) is 11.3 Å². The van der Waals surface area contributed by atoms with E-state index in [-0.39, 0.29) is 11.9 Å². The number of fused-ring (bicyclic) bond motifs is 1. The third-order valence-electron chi connectivity index (χ3n) is 4.90. The molecule has 1 heterocycles. The number of esters is 1. The molecule has 2 aromatic rings. The van der Waals surface area contributed by atoms with Crippen molar-refractivity contribution in [1.82, 2.24) is 4.57 Å². The molecule has 0 radical (unpaired) electrons. The van der Waals surface area contributed by atoms with Crippen LogP contribution in [0.3, 0.4) is 0 Å². The topological polar surface area (TPSA) is 40.5 Å². The fourth-order valence-electron chi connectivity index (χ4n) is 3.49. The minimum atomic E-state index is -0.608. The SMILES string of the molecule is CCOC(=O)C(Oc1cccc2c1cc(C)n2CC1=CCCC=C1)C(C)C. The van der Waals surface area contributed by atoms with E-state index in [0.29, 0.717) is 6.61 Å². The van der Waals surface area contributed by atoms with Crippen LogP contribution in [-0.4, -0.2) is 23.2 Å². The molecule has 4 heteroatoms. The van der Waals surface area contributed by atoms with Crippen LogP contribution in [0.2, 0.25) is 0 Å². The first-order valence-electron chi connectivity index (χ1n) is 9.79. The first-order chi connectivity index (χ1) is 13.0. The molecule has 27 heavy (non-hydrogen) atoms. The normalized spacial score (nSPS) is 15.1. The number of ether oxygens (including phenoxy) is 2. The minimum absolute atomic E-state index is 0.0278. The Hall–Kier alpha value is -2.49. The van der Waals surface area contributed by atoms with E-state index in [1.54, 1.807) is 0 Å². The molecule has 3 rings (SSSR count). The van der Waals surface area contributed by atoms with Gasteiger partial charge in [0.25, 0.3) is 0 Å². The summed E-state index contributed by atoms with van der Waals surface area (Å²) in [7, 11) is 0. The highest BCUT2D eigenvalue weighted by molar-refractivity contribution is 5.88. The van der Waals surface area contributed by atoms with Crippen molar-refractivity contribution in [3.05, 3.63) is 53.8 Å². The van der Waals surface area contributed by atoms with Crippen molar-refractivity contribution in [2.75, 3.05) is 6.61 Å². The number of allylic oxidation sites excluding steroid dienone is 4. The lowest BCUT2D eigenvalue weighted by atomic mass is 10.1. The van der Waals surface area contributed by atoms with Gasteiger partial charge in [0.2, 0.25) is 0 Å². The lowest BCUT2D eigenvalue weighted by Gasteiger charge is -2.21. The van der Waals surface area contributed by atoms with Crippen molar-refractivity contribution in [2.45, 2.75) is 53.2 Å². The Morgan fingerprint density at radius 2 is 2.07 bits per heavy atom. The van der Waals surface area contributed by atoms with Gasteiger partial charge in [-0.15, -0.1) is 0 Å². The van der Waals surface area contributed by atoms with Crippen LogP contribution >= 0.6 is 0 Å². The van der Waals surface area contributed by atoms with Gasteiger partial charge in [0.15, 0.2) is 6.10 Å². The van der Waals surface area contributed by atoms with Crippen molar-refractivity contribution < 1.29 is 14.3 Å². The summed E-state index contributed by atoms with van der Waals surface area (Å²) in [5.41, 5.74) is 3.63. The van der Waals surface area contributed by atoms with E-state index in [1.807, 2.05) is 32.9 Å². The molecular weight excluding hydrogens is 338 g/mol. The van der Waals surface area contributed by atoms with Crippen LogP contribution in [0.15, 0.2) is 48.1 Å². The van der Waals surface area contributed by atoms with Gasteiger partial charge in [-0.3, -0.25) is 0 Å². The summed E-state index contributed by atoms with van der Waals surface area (Å²) in [6.45, 7) is 9.07. The lowest BCUT2D eigenvalue weighted by molar-refractivity contribution is -0.153. The second kappa shape index (κ2) is 8.47. The number of benzene rings is 1. The lowest BCUT2D eigenvalue weighted by Crippen LogP contribution is -2.34. The van der Waals surface area contributed by atoms with Crippen LogP contribution in [0.25, 0.3) is 10.9 Å². The molecule has 0 N–H and O–H groups in total. The average molecular weight is 367 g/mol. The molecule has 1 atom stereocenters. The highest BCUT2D eigenvalue weighted by atomic mass is 16.6. The van der Waals surface area contributed by atoms with Crippen LogP contribution < -0.4 is 4.74 Å². The Bertz CT molecular complexity index is 873. The average Bonchev–Trinajstić information content (AvgIpc) is 2.97. The Morgan fingerprint density at radius 1 is 1.26 bits per heavy atom. The Morgan fingerprint density at radius 3 is 2.74 bits per heavy atom. The molecule has 0 saturated carbocycles. The molecule has 0 bridgehead atoms. The summed E-state index contributed by atoms with van der Waals surface area (Å²) in [6.07, 6.45) is 8.37. The fourth-order valence-corrected chi connectivity index (χ4v) is 3.49. The molecule has 0 saturated heterocycles. The highest BCUT2D eigenvalue weighted by Crippen LogP contribution is 2.31. The third kappa shape index (κ3) is 4.26. The number of hydrogen-bond acceptors (Lipinski definition) is 3. The maximum Gasteiger partial charge on any atom is 0.347 e. The summed E-state index contributed by atoms with van der Waals surface area (Å²) < 4.78 is 13.6.